The summed E-state index contributed by atoms with van der Waals surface area (Å²) in [7, 11) is 2.20. The molecule has 0 aliphatic heterocycles. The van der Waals surface area contributed by atoms with Gasteiger partial charge in [0.15, 0.2) is 5.75 Å². The van der Waals surface area contributed by atoms with Crippen LogP contribution in [-0.4, -0.2) is 44.5 Å². The second-order valence-electron chi connectivity index (χ2n) is 5.64. The minimum absolute atomic E-state index is 0.218. The number of phenols is 2. The fraction of sp³-hybridized carbons (Fsp3) is 0.188. The Morgan fingerprint density at radius 1 is 1.13 bits per heavy atom. The number of alkyl halides is 3. The van der Waals surface area contributed by atoms with Crippen LogP contribution in [0.1, 0.15) is 5.56 Å². The van der Waals surface area contributed by atoms with Crippen LogP contribution >= 0.6 is 0 Å². The lowest BCUT2D eigenvalue weighted by Gasteiger charge is -2.14. The molecule has 0 amide bonds. The van der Waals surface area contributed by atoms with Crippen molar-refractivity contribution in [1.29, 1.82) is 0 Å². The largest absolute Gasteiger partial charge is 0.504 e. The molecule has 0 aliphatic rings. The molecular weight excluding hydrogens is 417 g/mol. The lowest BCUT2D eigenvalue weighted by molar-refractivity contribution is -0.385. The molecule has 11 nitrogen and oxygen atoms in total. The average Bonchev–Trinajstić information content (AvgIpc) is 3.17. The van der Waals surface area contributed by atoms with Crippen LogP contribution in [0.2, 0.25) is 0 Å². The molecular formula is C16H11F3N4O7. The van der Waals surface area contributed by atoms with Gasteiger partial charge in [0.2, 0.25) is 23.3 Å². The van der Waals surface area contributed by atoms with Gasteiger partial charge in [-0.1, -0.05) is 5.16 Å². The SMILES string of the molecule is COc1cc(C(F)(F)F)c(-c2noc(-c3cc(O)c(O)c([N+](=O)[O-])c3)n2)c(OC)n1. The molecule has 30 heavy (non-hydrogen) atoms. The van der Waals surface area contributed by atoms with Gasteiger partial charge in [-0.3, -0.25) is 10.1 Å². The van der Waals surface area contributed by atoms with E-state index in [0.717, 1.165) is 26.4 Å². The third-order valence-corrected chi connectivity index (χ3v) is 3.83. The molecule has 0 aliphatic carbocycles. The maximum atomic E-state index is 13.6. The predicted octanol–water partition coefficient (Wildman–Crippen LogP) is 3.15. The van der Waals surface area contributed by atoms with E-state index in [-0.39, 0.29) is 11.4 Å². The number of methoxy groups -OCH3 is 2. The molecule has 158 valence electrons. The Hall–Kier alpha value is -4.10. The van der Waals surface area contributed by atoms with Gasteiger partial charge in [0.05, 0.1) is 35.8 Å². The summed E-state index contributed by atoms with van der Waals surface area (Å²) in [5.41, 5.74) is -2.97. The van der Waals surface area contributed by atoms with E-state index in [9.17, 15) is 33.5 Å². The Bertz CT molecular complexity index is 1130. The van der Waals surface area contributed by atoms with Crippen LogP contribution in [0.25, 0.3) is 22.8 Å². The normalized spacial score (nSPS) is 11.4. The van der Waals surface area contributed by atoms with Gasteiger partial charge >= 0.3 is 11.9 Å². The standard InChI is InChI=1S/C16H11F3N4O7/c1-28-10-5-7(16(17,18)19)11(15(20-10)29-2)13-21-14(30-22-13)6-3-8(23(26)27)12(25)9(24)4-6/h3-5,24-25H,1-2H3. The third kappa shape index (κ3) is 3.61. The fourth-order valence-corrected chi connectivity index (χ4v) is 2.50. The molecule has 0 unspecified atom stereocenters. The minimum atomic E-state index is -4.87. The van der Waals surface area contributed by atoms with Crippen LogP contribution in [0.5, 0.6) is 23.3 Å². The highest BCUT2D eigenvalue weighted by atomic mass is 19.4. The monoisotopic (exact) mass is 428 g/mol. The summed E-state index contributed by atoms with van der Waals surface area (Å²) in [6.07, 6.45) is -4.87. The van der Waals surface area contributed by atoms with Gasteiger partial charge in [0.25, 0.3) is 5.89 Å². The van der Waals surface area contributed by atoms with E-state index in [1.807, 2.05) is 0 Å². The number of aromatic nitrogens is 3. The minimum Gasteiger partial charge on any atom is -0.504 e. The van der Waals surface area contributed by atoms with Crippen molar-refractivity contribution in [2.45, 2.75) is 6.18 Å². The topological polar surface area (TPSA) is 154 Å². The molecule has 0 spiro atoms. The van der Waals surface area contributed by atoms with Crippen molar-refractivity contribution < 1.29 is 42.3 Å². The molecule has 3 aromatic rings. The Balaban J connectivity index is 2.19. The molecule has 1 aromatic carbocycles. The Morgan fingerprint density at radius 2 is 1.83 bits per heavy atom. The van der Waals surface area contributed by atoms with E-state index >= 15 is 0 Å². The summed E-state index contributed by atoms with van der Waals surface area (Å²) >= 11 is 0. The van der Waals surface area contributed by atoms with Gasteiger partial charge < -0.3 is 24.2 Å². The molecule has 2 N–H and O–H groups in total. The number of hydrogen-bond donors (Lipinski definition) is 2. The first kappa shape index (κ1) is 20.6. The van der Waals surface area contributed by atoms with Crippen molar-refractivity contribution >= 4 is 5.69 Å². The number of phenolic OH excluding ortho intramolecular Hbond substituents is 2. The Morgan fingerprint density at radius 3 is 2.40 bits per heavy atom. The summed E-state index contributed by atoms with van der Waals surface area (Å²) in [6.45, 7) is 0. The number of halogens is 3. The van der Waals surface area contributed by atoms with E-state index in [0.29, 0.717) is 6.07 Å². The number of nitro benzene ring substituents is 1. The quantitative estimate of drug-likeness (QED) is 0.352. The third-order valence-electron chi connectivity index (χ3n) is 3.83. The first-order valence-electron chi connectivity index (χ1n) is 7.81. The van der Waals surface area contributed by atoms with Crippen molar-refractivity contribution in [3.63, 3.8) is 0 Å². The number of ether oxygens (including phenoxy) is 2. The number of aromatic hydroxyl groups is 2. The van der Waals surface area contributed by atoms with Gasteiger partial charge in [-0.05, 0) is 6.07 Å². The second-order valence-corrected chi connectivity index (χ2v) is 5.64. The molecule has 2 aromatic heterocycles. The van der Waals surface area contributed by atoms with E-state index < -0.39 is 57.0 Å². The van der Waals surface area contributed by atoms with Gasteiger partial charge in [-0.2, -0.15) is 23.1 Å². The number of hydrogen-bond acceptors (Lipinski definition) is 10. The van der Waals surface area contributed by atoms with Crippen molar-refractivity contribution in [2.24, 2.45) is 0 Å². The van der Waals surface area contributed by atoms with Gasteiger partial charge in [-0.15, -0.1) is 0 Å². The molecule has 0 fully saturated rings. The zero-order valence-corrected chi connectivity index (χ0v) is 15.1. The maximum Gasteiger partial charge on any atom is 0.417 e. The van der Waals surface area contributed by atoms with Crippen LogP contribution < -0.4 is 9.47 Å². The first-order chi connectivity index (χ1) is 14.1. The molecule has 3 rings (SSSR count). The van der Waals surface area contributed by atoms with Crippen molar-refractivity contribution in [1.82, 2.24) is 15.1 Å². The van der Waals surface area contributed by atoms with Crippen LogP contribution in [0.4, 0.5) is 18.9 Å². The molecule has 2 heterocycles. The zero-order chi connectivity index (χ0) is 22.2. The smallest absolute Gasteiger partial charge is 0.417 e. The van der Waals surface area contributed by atoms with Crippen molar-refractivity contribution in [3.8, 4) is 46.1 Å². The number of rotatable bonds is 5. The molecule has 0 radical (unpaired) electrons. The van der Waals surface area contributed by atoms with Crippen LogP contribution in [-0.2, 0) is 6.18 Å². The summed E-state index contributed by atoms with van der Waals surface area (Å²) in [5, 5.41) is 33.7. The van der Waals surface area contributed by atoms with E-state index in [2.05, 4.69) is 15.1 Å². The highest BCUT2D eigenvalue weighted by Gasteiger charge is 2.38. The van der Waals surface area contributed by atoms with E-state index in [1.165, 1.54) is 0 Å². The van der Waals surface area contributed by atoms with Gasteiger partial charge in [0.1, 0.15) is 0 Å². The van der Waals surface area contributed by atoms with Crippen LogP contribution in [0, 0.1) is 10.1 Å². The molecule has 0 bridgehead atoms. The van der Waals surface area contributed by atoms with Crippen molar-refractivity contribution in [2.75, 3.05) is 14.2 Å². The van der Waals surface area contributed by atoms with E-state index in [4.69, 9.17) is 14.0 Å². The zero-order valence-electron chi connectivity index (χ0n) is 15.1. The summed E-state index contributed by atoms with van der Waals surface area (Å²) < 4.78 is 55.3. The van der Waals surface area contributed by atoms with E-state index in [1.54, 1.807) is 0 Å². The van der Waals surface area contributed by atoms with Gasteiger partial charge in [-0.25, -0.2) is 0 Å². The van der Waals surface area contributed by atoms with Gasteiger partial charge in [0, 0.05) is 12.1 Å². The number of pyridine rings is 1. The number of nitro groups is 1. The fourth-order valence-electron chi connectivity index (χ4n) is 2.50. The Labute approximate surface area is 164 Å². The predicted molar refractivity (Wildman–Crippen MR) is 91.1 cm³/mol. The van der Waals surface area contributed by atoms with Crippen LogP contribution in [0.15, 0.2) is 22.7 Å². The second kappa shape index (κ2) is 7.38. The highest BCUT2D eigenvalue weighted by molar-refractivity contribution is 5.71. The molecule has 14 heteroatoms. The average molecular weight is 428 g/mol. The summed E-state index contributed by atoms with van der Waals surface area (Å²) in [5.74, 6) is -3.78. The summed E-state index contributed by atoms with van der Waals surface area (Å²) in [4.78, 5) is 17.6. The molecule has 0 saturated heterocycles. The first-order valence-corrected chi connectivity index (χ1v) is 7.81. The number of benzene rings is 1. The lowest BCUT2D eigenvalue weighted by atomic mass is 10.1. The maximum absolute atomic E-state index is 13.6. The highest BCUT2D eigenvalue weighted by Crippen LogP contribution is 2.43. The van der Waals surface area contributed by atoms with Crippen molar-refractivity contribution in [3.05, 3.63) is 33.9 Å². The molecule has 0 atom stereocenters. The Kier molecular flexibility index (Phi) is 5.07. The lowest BCUT2D eigenvalue weighted by Crippen LogP contribution is -2.10. The number of nitrogens with zero attached hydrogens (tertiary/aromatic N) is 4. The molecule has 0 saturated carbocycles. The van der Waals surface area contributed by atoms with Crippen LogP contribution in [0.3, 0.4) is 0 Å². The summed E-state index contributed by atoms with van der Waals surface area (Å²) in [6, 6.07) is 2.29.